The predicted octanol–water partition coefficient (Wildman–Crippen LogP) is -0.961. The highest BCUT2D eigenvalue weighted by atomic mass is 32.2. The number of nitrogens with zero attached hydrogens (tertiary/aromatic N) is 2. The molecule has 0 spiro atoms. The Balaban J connectivity index is 0.000000534. The van der Waals surface area contributed by atoms with E-state index in [9.17, 15) is 18.0 Å². The average Bonchev–Trinajstić information content (AvgIpc) is 2.47. The van der Waals surface area contributed by atoms with E-state index < -0.39 is 10.1 Å². The summed E-state index contributed by atoms with van der Waals surface area (Å²) in [6.45, 7) is 4.46. The van der Waals surface area contributed by atoms with Crippen molar-refractivity contribution in [2.45, 2.75) is 19.3 Å². The summed E-state index contributed by atoms with van der Waals surface area (Å²) in [4.78, 5) is 23.3. The molecule has 0 radical (unpaired) electrons. The van der Waals surface area contributed by atoms with Crippen LogP contribution in [-0.4, -0.2) is 92.1 Å². The Labute approximate surface area is 131 Å². The van der Waals surface area contributed by atoms with Gasteiger partial charge in [0.25, 0.3) is 10.1 Å². The minimum Gasteiger partial charge on any atom is -0.395 e. The number of carbonyl (C=O) groups excluding carboxylic acids is 2. The topological polar surface area (TPSA) is 115 Å². The van der Waals surface area contributed by atoms with Gasteiger partial charge in [0, 0.05) is 52.1 Å². The predicted molar refractivity (Wildman–Crippen MR) is 82.4 cm³/mol. The molecule has 2 N–H and O–H groups in total. The Morgan fingerprint density at radius 2 is 1.36 bits per heavy atom. The van der Waals surface area contributed by atoms with E-state index in [1.807, 2.05) is 4.90 Å². The van der Waals surface area contributed by atoms with Gasteiger partial charge in [-0.2, -0.15) is 8.42 Å². The van der Waals surface area contributed by atoms with Crippen molar-refractivity contribution in [1.29, 1.82) is 0 Å². The summed E-state index contributed by atoms with van der Waals surface area (Å²) in [5, 5.41) is 8.73. The zero-order valence-electron chi connectivity index (χ0n) is 12.8. The first-order valence-electron chi connectivity index (χ1n) is 7.31. The number of hydrogen-bond donors (Lipinski definition) is 2. The van der Waals surface area contributed by atoms with Gasteiger partial charge in [-0.25, -0.2) is 0 Å². The minimum atomic E-state index is -3.84. The standard InChI is InChI=1S/C8H18N2O4S.C5H8O2/c11-7-5-9-1-3-10(4-2-9)6-8-15(12,13)14;6-4-2-1-3-5-7/h11H,1-8H2,(H,12,13,14);4-5H,1-3H2. The Morgan fingerprint density at radius 3 is 1.73 bits per heavy atom. The summed E-state index contributed by atoms with van der Waals surface area (Å²) in [6.07, 6.45) is 3.37. The number of hydrogen-bond acceptors (Lipinski definition) is 7. The van der Waals surface area contributed by atoms with E-state index in [-0.39, 0.29) is 12.4 Å². The highest BCUT2D eigenvalue weighted by molar-refractivity contribution is 7.85. The Kier molecular flexibility index (Phi) is 12.2. The lowest BCUT2D eigenvalue weighted by atomic mass is 10.3. The number of carbonyl (C=O) groups is 2. The van der Waals surface area contributed by atoms with Gasteiger partial charge in [-0.1, -0.05) is 0 Å². The number of rotatable bonds is 9. The Hall–Kier alpha value is -0.870. The van der Waals surface area contributed by atoms with Gasteiger partial charge in [-0.15, -0.1) is 0 Å². The van der Waals surface area contributed by atoms with Gasteiger partial charge < -0.3 is 14.7 Å². The van der Waals surface area contributed by atoms with E-state index in [0.717, 1.165) is 38.8 Å². The first-order valence-corrected chi connectivity index (χ1v) is 8.92. The van der Waals surface area contributed by atoms with Crippen LogP contribution in [0.5, 0.6) is 0 Å². The van der Waals surface area contributed by atoms with Crippen molar-refractivity contribution in [2.24, 2.45) is 0 Å². The Bertz CT molecular complexity index is 385. The van der Waals surface area contributed by atoms with Crippen LogP contribution in [0, 0.1) is 0 Å². The van der Waals surface area contributed by atoms with Crippen LogP contribution in [0.2, 0.25) is 0 Å². The van der Waals surface area contributed by atoms with Crippen LogP contribution in [0.25, 0.3) is 0 Å². The van der Waals surface area contributed by atoms with Crippen LogP contribution in [0.4, 0.5) is 0 Å². The SMILES string of the molecule is O=CCCCC=O.O=S(=O)(O)CCN1CCN(CCO)CC1. The molecule has 1 saturated heterocycles. The number of unbranched alkanes of at least 4 members (excludes halogenated alkanes) is 2. The first-order chi connectivity index (χ1) is 10.4. The van der Waals surface area contributed by atoms with Gasteiger partial charge in [0.05, 0.1) is 12.4 Å². The monoisotopic (exact) mass is 338 g/mol. The summed E-state index contributed by atoms with van der Waals surface area (Å²) in [5.74, 6) is -0.201. The fourth-order valence-electron chi connectivity index (χ4n) is 1.91. The van der Waals surface area contributed by atoms with Gasteiger partial charge in [-0.3, -0.25) is 14.4 Å². The largest absolute Gasteiger partial charge is 0.395 e. The van der Waals surface area contributed by atoms with Crippen LogP contribution in [0.1, 0.15) is 19.3 Å². The summed E-state index contributed by atoms with van der Waals surface area (Å²) >= 11 is 0. The second kappa shape index (κ2) is 12.7. The molecular formula is C13H26N2O6S. The lowest BCUT2D eigenvalue weighted by Gasteiger charge is -2.33. The van der Waals surface area contributed by atoms with Crippen LogP contribution in [0.15, 0.2) is 0 Å². The van der Waals surface area contributed by atoms with Crippen LogP contribution in [-0.2, 0) is 19.7 Å². The van der Waals surface area contributed by atoms with E-state index in [1.165, 1.54) is 0 Å². The van der Waals surface area contributed by atoms with Gasteiger partial charge >= 0.3 is 0 Å². The number of aliphatic hydroxyl groups is 1. The normalized spacial score (nSPS) is 16.6. The van der Waals surface area contributed by atoms with Crippen molar-refractivity contribution in [2.75, 3.05) is 51.6 Å². The highest BCUT2D eigenvalue weighted by Crippen LogP contribution is 2.01. The number of β-amino-alcohol motifs (C(OH)–C–C–N with tert-alkyl or cyclic N) is 1. The molecule has 0 saturated carbocycles. The third-order valence-corrected chi connectivity index (χ3v) is 3.89. The Morgan fingerprint density at radius 1 is 0.909 bits per heavy atom. The second-order valence-electron chi connectivity index (χ2n) is 4.96. The quantitative estimate of drug-likeness (QED) is 0.314. The smallest absolute Gasteiger partial charge is 0.266 e. The molecule has 0 amide bonds. The maximum absolute atomic E-state index is 10.5. The van der Waals surface area contributed by atoms with Crippen LogP contribution in [0.3, 0.4) is 0 Å². The van der Waals surface area contributed by atoms with E-state index >= 15 is 0 Å². The lowest BCUT2D eigenvalue weighted by molar-refractivity contribution is -0.108. The van der Waals surface area contributed by atoms with Crippen molar-refractivity contribution in [3.63, 3.8) is 0 Å². The molecule has 1 fully saturated rings. The maximum Gasteiger partial charge on any atom is 0.266 e. The molecular weight excluding hydrogens is 312 g/mol. The molecule has 8 nitrogen and oxygen atoms in total. The average molecular weight is 338 g/mol. The summed E-state index contributed by atoms with van der Waals surface area (Å²) in [5.41, 5.74) is 0. The van der Waals surface area contributed by atoms with Crippen molar-refractivity contribution in [1.82, 2.24) is 9.80 Å². The van der Waals surface area contributed by atoms with Crippen LogP contribution >= 0.6 is 0 Å². The molecule has 22 heavy (non-hydrogen) atoms. The molecule has 0 aromatic heterocycles. The molecule has 0 aromatic carbocycles. The van der Waals surface area contributed by atoms with Gasteiger partial charge in [0.15, 0.2) is 0 Å². The van der Waals surface area contributed by atoms with Crippen molar-refractivity contribution in [3.05, 3.63) is 0 Å². The highest BCUT2D eigenvalue weighted by Gasteiger charge is 2.17. The molecule has 130 valence electrons. The summed E-state index contributed by atoms with van der Waals surface area (Å²) in [7, 11) is -3.84. The summed E-state index contributed by atoms with van der Waals surface area (Å²) < 4.78 is 29.6. The first kappa shape index (κ1) is 21.1. The molecule has 0 aliphatic carbocycles. The maximum atomic E-state index is 10.5. The van der Waals surface area contributed by atoms with E-state index in [4.69, 9.17) is 9.66 Å². The summed E-state index contributed by atoms with van der Waals surface area (Å²) in [6, 6.07) is 0. The fourth-order valence-corrected chi connectivity index (χ4v) is 2.40. The zero-order valence-corrected chi connectivity index (χ0v) is 13.6. The molecule has 1 aliphatic heterocycles. The lowest BCUT2D eigenvalue weighted by Crippen LogP contribution is -2.48. The molecule has 1 heterocycles. The van der Waals surface area contributed by atoms with Crippen molar-refractivity contribution >= 4 is 22.7 Å². The molecule has 9 heteroatoms. The van der Waals surface area contributed by atoms with Gasteiger partial charge in [0.2, 0.25) is 0 Å². The molecule has 1 aliphatic rings. The van der Waals surface area contributed by atoms with E-state index in [0.29, 0.717) is 32.4 Å². The number of aldehydes is 2. The van der Waals surface area contributed by atoms with Crippen LogP contribution < -0.4 is 0 Å². The molecule has 1 rings (SSSR count). The number of aliphatic hydroxyl groups excluding tert-OH is 1. The molecule has 0 aromatic rings. The number of piperazine rings is 1. The molecule has 0 bridgehead atoms. The van der Waals surface area contributed by atoms with E-state index in [2.05, 4.69) is 4.90 Å². The van der Waals surface area contributed by atoms with Gasteiger partial charge in [0.1, 0.15) is 12.6 Å². The second-order valence-corrected chi connectivity index (χ2v) is 6.53. The van der Waals surface area contributed by atoms with Crippen molar-refractivity contribution < 1.29 is 27.7 Å². The van der Waals surface area contributed by atoms with Gasteiger partial charge in [-0.05, 0) is 6.42 Å². The zero-order chi connectivity index (χ0) is 16.8. The van der Waals surface area contributed by atoms with Crippen molar-refractivity contribution in [3.8, 4) is 0 Å². The minimum absolute atomic E-state index is 0.158. The van der Waals surface area contributed by atoms with E-state index in [1.54, 1.807) is 0 Å². The molecule has 0 unspecified atom stereocenters. The third kappa shape index (κ3) is 12.8. The molecule has 0 atom stereocenters. The third-order valence-electron chi connectivity index (χ3n) is 3.19. The fraction of sp³-hybridized carbons (Fsp3) is 0.846.